The molecular weight excluding hydrogens is 244 g/mol. The van der Waals surface area contributed by atoms with Crippen LogP contribution in [0.2, 0.25) is 0 Å². The minimum absolute atomic E-state index is 0.266. The Kier molecular flexibility index (Phi) is 3.30. The van der Waals surface area contributed by atoms with Crippen LogP contribution in [0.25, 0.3) is 0 Å². The van der Waals surface area contributed by atoms with Crippen molar-refractivity contribution in [3.05, 3.63) is 0 Å². The van der Waals surface area contributed by atoms with Crippen molar-refractivity contribution in [3.63, 3.8) is 0 Å². The molecule has 0 bridgehead atoms. The van der Waals surface area contributed by atoms with Gasteiger partial charge in [-0.15, -0.1) is 0 Å². The van der Waals surface area contributed by atoms with E-state index in [-0.39, 0.29) is 12.2 Å². The van der Waals surface area contributed by atoms with Gasteiger partial charge < -0.3 is 9.47 Å². The van der Waals surface area contributed by atoms with E-state index < -0.39 is 6.16 Å². The first-order chi connectivity index (χ1) is 9.35. The molecule has 0 aromatic carbocycles. The standard InChI is InChI=1S/C15H24O4/c1-3-7-13-11(5-1)9-16-15(18-13)17-10-12-6-2-4-8-14(12)19-15/h11-14H,1-10H2. The third-order valence-corrected chi connectivity index (χ3v) is 5.22. The molecule has 2 aliphatic heterocycles. The number of hydrogen-bond acceptors (Lipinski definition) is 4. The number of rotatable bonds is 0. The fourth-order valence-corrected chi connectivity index (χ4v) is 4.03. The van der Waals surface area contributed by atoms with Gasteiger partial charge in [0.25, 0.3) is 0 Å². The molecule has 0 radical (unpaired) electrons. The zero-order valence-electron chi connectivity index (χ0n) is 11.5. The molecule has 2 aliphatic carbocycles. The van der Waals surface area contributed by atoms with Gasteiger partial charge in [-0.2, -0.15) is 0 Å². The largest absolute Gasteiger partial charge is 0.413 e. The molecule has 0 aromatic heterocycles. The first-order valence-corrected chi connectivity index (χ1v) is 7.98. The fraction of sp³-hybridized carbons (Fsp3) is 1.00. The van der Waals surface area contributed by atoms with E-state index in [1.54, 1.807) is 0 Å². The van der Waals surface area contributed by atoms with Crippen LogP contribution in [0.1, 0.15) is 51.4 Å². The van der Waals surface area contributed by atoms with Gasteiger partial charge in [-0.05, 0) is 25.7 Å². The van der Waals surface area contributed by atoms with Crippen molar-refractivity contribution in [2.75, 3.05) is 13.2 Å². The van der Waals surface area contributed by atoms with E-state index in [0.29, 0.717) is 11.8 Å². The molecule has 0 N–H and O–H groups in total. The summed E-state index contributed by atoms with van der Waals surface area (Å²) in [7, 11) is 0. The SMILES string of the molecule is C1CCC2OC3(OCC2C1)OCC1CCCCC1O3. The molecule has 1 spiro atoms. The summed E-state index contributed by atoms with van der Waals surface area (Å²) in [6.45, 7) is 1.45. The summed E-state index contributed by atoms with van der Waals surface area (Å²) in [5, 5.41) is 0. The molecule has 2 heterocycles. The van der Waals surface area contributed by atoms with Gasteiger partial charge in [0, 0.05) is 11.8 Å². The summed E-state index contributed by atoms with van der Waals surface area (Å²) in [6.07, 6.45) is 9.14. The Morgan fingerprint density at radius 3 is 1.63 bits per heavy atom. The fourth-order valence-electron chi connectivity index (χ4n) is 4.03. The van der Waals surface area contributed by atoms with Gasteiger partial charge in [0.2, 0.25) is 0 Å². The van der Waals surface area contributed by atoms with Crippen molar-refractivity contribution < 1.29 is 18.9 Å². The Hall–Kier alpha value is -0.160. The summed E-state index contributed by atoms with van der Waals surface area (Å²) < 4.78 is 23.9. The molecule has 4 fully saturated rings. The third-order valence-electron chi connectivity index (χ3n) is 5.22. The Morgan fingerprint density at radius 2 is 1.11 bits per heavy atom. The number of fused-ring (bicyclic) bond motifs is 2. The minimum Gasteiger partial charge on any atom is -0.303 e. The van der Waals surface area contributed by atoms with Crippen molar-refractivity contribution in [1.29, 1.82) is 0 Å². The van der Waals surface area contributed by atoms with Gasteiger partial charge in [0.1, 0.15) is 0 Å². The van der Waals surface area contributed by atoms with Crippen LogP contribution in [0, 0.1) is 11.8 Å². The minimum atomic E-state index is -1.17. The van der Waals surface area contributed by atoms with Crippen LogP contribution < -0.4 is 0 Å². The van der Waals surface area contributed by atoms with Crippen molar-refractivity contribution >= 4 is 0 Å². The summed E-state index contributed by atoms with van der Waals surface area (Å²) in [5.41, 5.74) is 0. The van der Waals surface area contributed by atoms with Gasteiger partial charge in [-0.1, -0.05) is 25.7 Å². The van der Waals surface area contributed by atoms with Crippen molar-refractivity contribution in [1.82, 2.24) is 0 Å². The molecule has 19 heavy (non-hydrogen) atoms. The van der Waals surface area contributed by atoms with Gasteiger partial charge in [-0.3, -0.25) is 9.47 Å². The van der Waals surface area contributed by atoms with Crippen molar-refractivity contribution in [3.8, 4) is 0 Å². The highest BCUT2D eigenvalue weighted by molar-refractivity contribution is 4.83. The lowest BCUT2D eigenvalue weighted by molar-refractivity contribution is -0.559. The summed E-state index contributed by atoms with van der Waals surface area (Å²) in [6, 6.07) is 0. The van der Waals surface area contributed by atoms with Gasteiger partial charge in [0.15, 0.2) is 0 Å². The third kappa shape index (κ3) is 2.33. The van der Waals surface area contributed by atoms with Crippen LogP contribution in [0.15, 0.2) is 0 Å². The topological polar surface area (TPSA) is 36.9 Å². The second kappa shape index (κ2) is 4.99. The van der Waals surface area contributed by atoms with Crippen LogP contribution in [-0.2, 0) is 18.9 Å². The molecule has 108 valence electrons. The maximum absolute atomic E-state index is 6.10. The first-order valence-electron chi connectivity index (χ1n) is 7.98. The lowest BCUT2D eigenvalue weighted by Crippen LogP contribution is -2.59. The van der Waals surface area contributed by atoms with Crippen LogP contribution in [0.4, 0.5) is 0 Å². The second-order valence-corrected chi connectivity index (χ2v) is 6.52. The van der Waals surface area contributed by atoms with Crippen LogP contribution in [0.5, 0.6) is 0 Å². The van der Waals surface area contributed by atoms with Crippen LogP contribution in [-0.4, -0.2) is 31.6 Å². The quantitative estimate of drug-likeness (QED) is 0.677. The average molecular weight is 268 g/mol. The lowest BCUT2D eigenvalue weighted by atomic mass is 9.86. The first kappa shape index (κ1) is 12.6. The summed E-state index contributed by atoms with van der Waals surface area (Å²) in [4.78, 5) is 0. The highest BCUT2D eigenvalue weighted by Gasteiger charge is 2.52. The van der Waals surface area contributed by atoms with E-state index in [4.69, 9.17) is 18.9 Å². The van der Waals surface area contributed by atoms with E-state index in [2.05, 4.69) is 0 Å². The molecule has 4 rings (SSSR count). The lowest BCUT2D eigenvalue weighted by Gasteiger charge is -2.50. The van der Waals surface area contributed by atoms with E-state index in [9.17, 15) is 0 Å². The predicted octanol–water partition coefficient (Wildman–Crippen LogP) is 2.81. The Bertz CT molecular complexity index is 300. The molecule has 4 aliphatic rings. The number of hydrogen-bond donors (Lipinski definition) is 0. The maximum Gasteiger partial charge on any atom is 0.413 e. The zero-order valence-corrected chi connectivity index (χ0v) is 11.5. The average Bonchev–Trinajstić information content (AvgIpc) is 2.47. The molecule has 2 saturated heterocycles. The second-order valence-electron chi connectivity index (χ2n) is 6.52. The monoisotopic (exact) mass is 268 g/mol. The predicted molar refractivity (Wildman–Crippen MR) is 68.3 cm³/mol. The highest BCUT2D eigenvalue weighted by atomic mass is 17.0. The maximum atomic E-state index is 6.10. The van der Waals surface area contributed by atoms with Gasteiger partial charge >= 0.3 is 6.16 Å². The Balaban J connectivity index is 1.45. The molecule has 4 atom stereocenters. The van der Waals surface area contributed by atoms with E-state index in [1.165, 1.54) is 38.5 Å². The summed E-state index contributed by atoms with van der Waals surface area (Å²) in [5.74, 6) is 1.08. The molecular formula is C15H24O4. The van der Waals surface area contributed by atoms with Gasteiger partial charge in [0.05, 0.1) is 25.4 Å². The highest BCUT2D eigenvalue weighted by Crippen LogP contribution is 2.42. The zero-order chi connectivity index (χ0) is 12.7. The van der Waals surface area contributed by atoms with Crippen LogP contribution in [0.3, 0.4) is 0 Å². The molecule has 4 unspecified atom stereocenters. The van der Waals surface area contributed by atoms with Crippen molar-refractivity contribution in [2.24, 2.45) is 11.8 Å². The van der Waals surface area contributed by atoms with E-state index in [0.717, 1.165) is 26.1 Å². The number of ether oxygens (including phenoxy) is 4. The molecule has 4 heteroatoms. The smallest absolute Gasteiger partial charge is 0.303 e. The normalized spacial score (nSPS) is 50.5. The Labute approximate surface area is 114 Å². The Morgan fingerprint density at radius 1 is 0.632 bits per heavy atom. The van der Waals surface area contributed by atoms with E-state index in [1.807, 2.05) is 0 Å². The molecule has 0 aromatic rings. The van der Waals surface area contributed by atoms with Crippen molar-refractivity contribution in [2.45, 2.75) is 69.7 Å². The van der Waals surface area contributed by atoms with E-state index >= 15 is 0 Å². The molecule has 2 saturated carbocycles. The summed E-state index contributed by atoms with van der Waals surface area (Å²) >= 11 is 0. The molecule has 4 nitrogen and oxygen atoms in total. The van der Waals surface area contributed by atoms with Crippen LogP contribution >= 0.6 is 0 Å². The molecule has 0 amide bonds. The van der Waals surface area contributed by atoms with Gasteiger partial charge in [-0.25, -0.2) is 0 Å².